The molecule has 0 aromatic heterocycles. The number of hydrogen-bond acceptors (Lipinski definition) is 8. The number of unbranched alkanes of at least 4 members (excludes halogenated alkanes) is 6. The highest BCUT2D eigenvalue weighted by Gasteiger charge is 2.24. The van der Waals surface area contributed by atoms with Crippen LogP contribution in [0.5, 0.6) is 23.0 Å². The second-order valence-electron chi connectivity index (χ2n) is 16.8. The van der Waals surface area contributed by atoms with Gasteiger partial charge in [-0.3, -0.25) is 9.59 Å². The van der Waals surface area contributed by atoms with E-state index in [4.69, 9.17) is 28.4 Å². The van der Waals surface area contributed by atoms with Crippen molar-refractivity contribution in [2.24, 2.45) is 0 Å². The Labute approximate surface area is 377 Å². The average Bonchev–Trinajstić information content (AvgIpc) is 3.31. The quantitative estimate of drug-likeness (QED) is 0.0337. The van der Waals surface area contributed by atoms with Crippen molar-refractivity contribution in [1.82, 2.24) is 0 Å². The van der Waals surface area contributed by atoms with Crippen molar-refractivity contribution >= 4 is 55.0 Å². The minimum atomic E-state index is -0.687. The molecule has 0 bridgehead atoms. The van der Waals surface area contributed by atoms with Crippen molar-refractivity contribution in [1.29, 1.82) is 0 Å². The van der Waals surface area contributed by atoms with E-state index >= 15 is 0 Å². The molecule has 0 saturated carbocycles. The molecule has 0 aliphatic carbocycles. The van der Waals surface area contributed by atoms with Gasteiger partial charge in [0.1, 0.15) is 49.4 Å². The summed E-state index contributed by atoms with van der Waals surface area (Å²) in [5, 5.41) is 7.48. The standard InChI is InChI=1S/C56H62O8/c1-5-7-9-11-27-53(57)63-43(35-59-51-25-17-21-41-19-13-15-23-45(41)51)37-61-55-47-31-29-40(4)34-50(47)56(48-32-30-39(3)33-49(48)55)62-38-44(64-54(58)28-12-10-8-6-2)36-60-52-26-18-22-42-20-14-16-24-46(42)52/h13-26,29-34,43-44H,5-12,27-28,35-38H2,1-4H3. The second-order valence-corrected chi connectivity index (χ2v) is 16.8. The van der Waals surface area contributed by atoms with Gasteiger partial charge >= 0.3 is 11.9 Å². The van der Waals surface area contributed by atoms with Gasteiger partial charge in [-0.15, -0.1) is 0 Å². The molecule has 7 aromatic rings. The van der Waals surface area contributed by atoms with Gasteiger partial charge in [0.05, 0.1) is 0 Å². The Hall–Kier alpha value is -6.28. The SMILES string of the molecule is CCCCCCC(=O)OC(COc1cccc2ccccc12)COc1c2ccc(C)cc2c(OCC(COc2cccc3ccccc23)OC(=O)CCCCCC)c2ccc(C)cc12. The Kier molecular flexibility index (Phi) is 16.4. The Balaban J connectivity index is 1.17. The Morgan fingerprint density at radius 1 is 0.422 bits per heavy atom. The number of benzene rings is 7. The fraction of sp³-hybridized carbons (Fsp3) is 0.357. The van der Waals surface area contributed by atoms with Crippen LogP contribution in [-0.4, -0.2) is 50.6 Å². The number of ether oxygens (including phenoxy) is 6. The van der Waals surface area contributed by atoms with Crippen LogP contribution >= 0.6 is 0 Å². The largest absolute Gasteiger partial charge is 0.489 e. The van der Waals surface area contributed by atoms with Gasteiger partial charge in [-0.05, 0) is 61.7 Å². The zero-order valence-corrected chi connectivity index (χ0v) is 37.9. The van der Waals surface area contributed by atoms with Crippen LogP contribution in [0.2, 0.25) is 0 Å². The monoisotopic (exact) mass is 862 g/mol. The lowest BCUT2D eigenvalue weighted by molar-refractivity contribution is -0.153. The van der Waals surface area contributed by atoms with Crippen molar-refractivity contribution in [3.63, 3.8) is 0 Å². The molecule has 8 heteroatoms. The van der Waals surface area contributed by atoms with Crippen LogP contribution in [0.25, 0.3) is 43.1 Å². The molecule has 8 nitrogen and oxygen atoms in total. The zero-order valence-electron chi connectivity index (χ0n) is 37.9. The van der Waals surface area contributed by atoms with E-state index in [-0.39, 0.29) is 38.4 Å². The molecule has 0 amide bonds. The molecule has 2 unspecified atom stereocenters. The van der Waals surface area contributed by atoms with Gasteiger partial charge in [-0.25, -0.2) is 0 Å². The van der Waals surface area contributed by atoms with Crippen LogP contribution in [0.1, 0.15) is 89.2 Å². The van der Waals surface area contributed by atoms with E-state index in [1.54, 1.807) is 0 Å². The lowest BCUT2D eigenvalue weighted by Crippen LogP contribution is -2.31. The van der Waals surface area contributed by atoms with Crippen LogP contribution in [-0.2, 0) is 19.1 Å². The summed E-state index contributed by atoms with van der Waals surface area (Å²) < 4.78 is 38.7. The third kappa shape index (κ3) is 12.0. The van der Waals surface area contributed by atoms with Gasteiger partial charge in [0.2, 0.25) is 0 Å². The van der Waals surface area contributed by atoms with Gasteiger partial charge in [0.25, 0.3) is 0 Å². The predicted molar refractivity (Wildman–Crippen MR) is 258 cm³/mol. The lowest BCUT2D eigenvalue weighted by atomic mass is 9.97. The minimum absolute atomic E-state index is 0.0689. The predicted octanol–water partition coefficient (Wildman–Crippen LogP) is 13.6. The first-order valence-electron chi connectivity index (χ1n) is 23.1. The Morgan fingerprint density at radius 2 is 0.828 bits per heavy atom. The summed E-state index contributed by atoms with van der Waals surface area (Å²) in [5.41, 5.74) is 2.09. The summed E-state index contributed by atoms with van der Waals surface area (Å²) in [6.07, 6.45) is 7.12. The van der Waals surface area contributed by atoms with E-state index in [0.29, 0.717) is 35.8 Å². The summed E-state index contributed by atoms with van der Waals surface area (Å²) in [6.45, 7) is 8.76. The van der Waals surface area contributed by atoms with Gasteiger partial charge in [-0.2, -0.15) is 0 Å². The van der Waals surface area contributed by atoms with Gasteiger partial charge < -0.3 is 28.4 Å². The van der Waals surface area contributed by atoms with Crippen LogP contribution in [0, 0.1) is 13.8 Å². The molecule has 7 aromatic carbocycles. The molecule has 0 spiro atoms. The summed E-state index contributed by atoms with van der Waals surface area (Å²) in [6, 6.07) is 40.4. The first-order valence-corrected chi connectivity index (χ1v) is 23.1. The lowest BCUT2D eigenvalue weighted by Gasteiger charge is -2.24. The van der Waals surface area contributed by atoms with Crippen LogP contribution < -0.4 is 18.9 Å². The highest BCUT2D eigenvalue weighted by Crippen LogP contribution is 2.44. The molecule has 64 heavy (non-hydrogen) atoms. The van der Waals surface area contributed by atoms with Crippen molar-refractivity contribution in [3.05, 3.63) is 132 Å². The maximum absolute atomic E-state index is 13.3. The molecule has 0 fully saturated rings. The molecule has 0 saturated heterocycles. The first-order chi connectivity index (χ1) is 31.3. The smallest absolute Gasteiger partial charge is 0.306 e. The van der Waals surface area contributed by atoms with Gasteiger partial charge in [-0.1, -0.05) is 161 Å². The molecule has 0 radical (unpaired) electrons. The van der Waals surface area contributed by atoms with Crippen LogP contribution in [0.4, 0.5) is 0 Å². The fourth-order valence-electron chi connectivity index (χ4n) is 8.16. The number of carbonyl (C=O) groups is 2. The number of esters is 2. The molecular formula is C56H62O8. The molecule has 2 atom stereocenters. The van der Waals surface area contributed by atoms with E-state index in [1.807, 2.05) is 86.6 Å². The zero-order chi connectivity index (χ0) is 44.7. The summed E-state index contributed by atoms with van der Waals surface area (Å²) in [7, 11) is 0. The van der Waals surface area contributed by atoms with Crippen LogP contribution in [0.15, 0.2) is 121 Å². The topological polar surface area (TPSA) is 89.5 Å². The van der Waals surface area contributed by atoms with Crippen molar-refractivity contribution in [3.8, 4) is 23.0 Å². The Bertz CT molecular complexity index is 2460. The van der Waals surface area contributed by atoms with E-state index in [9.17, 15) is 9.59 Å². The highest BCUT2D eigenvalue weighted by molar-refractivity contribution is 6.11. The Morgan fingerprint density at radius 3 is 1.27 bits per heavy atom. The minimum Gasteiger partial charge on any atom is -0.489 e. The summed E-state index contributed by atoms with van der Waals surface area (Å²) in [4.78, 5) is 26.5. The maximum atomic E-state index is 13.3. The molecular weight excluding hydrogens is 801 g/mol. The fourth-order valence-corrected chi connectivity index (χ4v) is 8.16. The van der Waals surface area contributed by atoms with Crippen LogP contribution in [0.3, 0.4) is 0 Å². The first kappa shape index (κ1) is 45.7. The second kappa shape index (κ2) is 22.9. The van der Waals surface area contributed by atoms with E-state index in [1.165, 1.54) is 0 Å². The molecule has 0 N–H and O–H groups in total. The number of carbonyl (C=O) groups excluding carboxylic acids is 2. The van der Waals surface area contributed by atoms with E-state index < -0.39 is 12.2 Å². The normalized spacial score (nSPS) is 12.3. The summed E-state index contributed by atoms with van der Waals surface area (Å²) in [5.74, 6) is 2.21. The van der Waals surface area contributed by atoms with Crippen molar-refractivity contribution in [2.75, 3.05) is 26.4 Å². The highest BCUT2D eigenvalue weighted by atomic mass is 16.6. The molecule has 0 heterocycles. The van der Waals surface area contributed by atoms with Crippen molar-refractivity contribution in [2.45, 2.75) is 104 Å². The number of aryl methyl sites for hydroxylation is 2. The van der Waals surface area contributed by atoms with E-state index in [2.05, 4.69) is 62.4 Å². The number of rotatable bonds is 24. The third-order valence-corrected chi connectivity index (χ3v) is 11.6. The molecule has 0 aliphatic rings. The molecule has 334 valence electrons. The molecule has 0 aliphatic heterocycles. The van der Waals surface area contributed by atoms with E-state index in [0.717, 1.165) is 106 Å². The number of hydrogen-bond donors (Lipinski definition) is 0. The summed E-state index contributed by atoms with van der Waals surface area (Å²) >= 11 is 0. The number of fused-ring (bicyclic) bond motifs is 4. The third-order valence-electron chi connectivity index (χ3n) is 11.6. The maximum Gasteiger partial charge on any atom is 0.306 e. The molecule has 7 rings (SSSR count). The van der Waals surface area contributed by atoms with Gasteiger partial charge in [0.15, 0.2) is 12.2 Å². The van der Waals surface area contributed by atoms with Gasteiger partial charge in [0, 0.05) is 45.2 Å². The average molecular weight is 863 g/mol. The van der Waals surface area contributed by atoms with Crippen molar-refractivity contribution < 1.29 is 38.0 Å².